The summed E-state index contributed by atoms with van der Waals surface area (Å²) in [5.41, 5.74) is 7.02. The van der Waals surface area contributed by atoms with Gasteiger partial charge in [-0.15, -0.1) is 0 Å². The Balaban J connectivity index is 1.63. The van der Waals surface area contributed by atoms with E-state index in [9.17, 15) is 35.5 Å². The van der Waals surface area contributed by atoms with Gasteiger partial charge in [0.2, 0.25) is 0 Å². The molecule has 302 valence electrons. The van der Waals surface area contributed by atoms with Crippen molar-refractivity contribution in [2.75, 3.05) is 30.0 Å². The van der Waals surface area contributed by atoms with Crippen molar-refractivity contribution in [2.24, 2.45) is 4.99 Å². The van der Waals surface area contributed by atoms with Gasteiger partial charge in [0.05, 0.1) is 22.4 Å². The molecule has 1 aliphatic carbocycles. The number of carbonyl (C=O) groups excluding carboxylic acids is 2. The Morgan fingerprint density at radius 2 is 1.29 bits per heavy atom. The average Bonchev–Trinajstić information content (AvgIpc) is 3.16. The minimum Gasteiger partial charge on any atom is -0.456 e. The topological polar surface area (TPSA) is 229 Å². The Morgan fingerprint density at radius 1 is 0.655 bits per heavy atom. The molecule has 17 heteroatoms. The highest BCUT2D eigenvalue weighted by Crippen LogP contribution is 2.44. The van der Waals surface area contributed by atoms with Gasteiger partial charge in [-0.05, 0) is 105 Å². The molecule has 1 heterocycles. The lowest BCUT2D eigenvalue weighted by molar-refractivity contribution is 0.253. The third kappa shape index (κ3) is 7.84. The van der Waals surface area contributed by atoms with E-state index in [-0.39, 0.29) is 44.8 Å². The molecular weight excluding hydrogens is 785 g/mol. The number of hydrogen-bond acceptors (Lipinski definition) is 9. The van der Waals surface area contributed by atoms with Crippen molar-refractivity contribution >= 4 is 71.7 Å². The number of nitrogens with one attached hydrogen (secondary N) is 5. The molecule has 0 saturated heterocycles. The van der Waals surface area contributed by atoms with Crippen molar-refractivity contribution in [3.8, 4) is 22.5 Å². The molecule has 1 aliphatic heterocycles. The van der Waals surface area contributed by atoms with Crippen LogP contribution in [0.15, 0.2) is 85.9 Å². The van der Waals surface area contributed by atoms with Crippen LogP contribution in [0.3, 0.4) is 0 Å². The van der Waals surface area contributed by atoms with Gasteiger partial charge >= 0.3 is 12.1 Å². The number of nitrogens with zero attached hydrogens (tertiary/aromatic N) is 1. The van der Waals surface area contributed by atoms with Crippen LogP contribution < -0.4 is 31.9 Å². The second-order valence-corrected chi connectivity index (χ2v) is 16.5. The highest BCUT2D eigenvalue weighted by atomic mass is 32.2. The largest absolute Gasteiger partial charge is 0.456 e. The van der Waals surface area contributed by atoms with Gasteiger partial charge in [0.1, 0.15) is 21.1 Å². The fourth-order valence-electron chi connectivity index (χ4n) is 7.34. The molecule has 6 rings (SSSR count). The molecule has 4 amide bonds. The Hall–Kier alpha value is -6.27. The first-order chi connectivity index (χ1) is 27.2. The molecule has 0 unspecified atom stereocenters. The van der Waals surface area contributed by atoms with Crippen LogP contribution in [0.25, 0.3) is 33.4 Å². The van der Waals surface area contributed by atoms with Crippen LogP contribution in [0.5, 0.6) is 0 Å². The van der Waals surface area contributed by atoms with Gasteiger partial charge < -0.3 is 31.0 Å². The molecule has 58 heavy (non-hydrogen) atoms. The highest BCUT2D eigenvalue weighted by Gasteiger charge is 2.27. The van der Waals surface area contributed by atoms with E-state index < -0.39 is 31.2 Å². The molecule has 0 spiro atoms. The molecule has 0 bridgehead atoms. The van der Waals surface area contributed by atoms with Gasteiger partial charge in [-0.1, -0.05) is 24.3 Å². The highest BCUT2D eigenvalue weighted by molar-refractivity contribution is 7.86. The van der Waals surface area contributed by atoms with Gasteiger partial charge in [-0.25, -0.2) is 14.6 Å². The van der Waals surface area contributed by atoms with Gasteiger partial charge in [0.25, 0.3) is 20.2 Å². The van der Waals surface area contributed by atoms with E-state index in [1.807, 2.05) is 26.8 Å². The lowest BCUT2D eigenvalue weighted by Crippen LogP contribution is -2.26. The summed E-state index contributed by atoms with van der Waals surface area (Å²) in [6, 6.07) is 17.2. The molecule has 0 atom stereocenters. The summed E-state index contributed by atoms with van der Waals surface area (Å²) in [7, 11) is -6.52. The number of amides is 4. The number of hydrogen-bond donors (Lipinski definition) is 7. The van der Waals surface area contributed by atoms with Crippen LogP contribution >= 0.6 is 0 Å². The van der Waals surface area contributed by atoms with E-state index >= 15 is 0 Å². The summed E-state index contributed by atoms with van der Waals surface area (Å²) in [6.45, 7) is 10.3. The molecular formula is C41H42N6O9S2. The smallest absolute Gasteiger partial charge is 0.318 e. The van der Waals surface area contributed by atoms with E-state index in [1.165, 1.54) is 40.1 Å². The lowest BCUT2D eigenvalue weighted by atomic mass is 9.93. The number of rotatable bonds is 8. The number of urea groups is 2. The summed E-state index contributed by atoms with van der Waals surface area (Å²) in [6.07, 6.45) is 0. The van der Waals surface area contributed by atoms with Crippen molar-refractivity contribution in [1.82, 2.24) is 10.6 Å². The number of benzene rings is 5. The molecule has 2 aliphatic rings. The van der Waals surface area contributed by atoms with Gasteiger partial charge in [-0.2, -0.15) is 16.8 Å². The van der Waals surface area contributed by atoms with E-state index in [0.717, 1.165) is 22.4 Å². The van der Waals surface area contributed by atoms with Gasteiger partial charge in [0, 0.05) is 59.7 Å². The number of carbonyl (C=O) groups is 2. The quantitative estimate of drug-likeness (QED) is 0.0577. The molecule has 0 aromatic heterocycles. The maximum absolute atomic E-state index is 12.7. The maximum Gasteiger partial charge on any atom is 0.318 e. The summed E-state index contributed by atoms with van der Waals surface area (Å²) >= 11 is 0. The molecule has 4 aromatic carbocycles. The first-order valence-electron chi connectivity index (χ1n) is 17.8. The Labute approximate surface area is 335 Å². The zero-order chi connectivity index (χ0) is 42.4. The molecule has 0 fully saturated rings. The standard InChI is InChI=1S/C41H42N6O9S2/c1-20-17-21(2)36(46-40(48)42-7)22(3)35(20)44-26-13-15-28-31(18-26)56-32-19-27(14-16-29(32)34(28)30-11-9-10-12-33(30)57(50,51)52)45-37-23(4)38(47-41(49)43-8)25(6)39(24(37)5)58(53,54)55/h9-19,44H,1-8H3,(H2,42,46,48)(H2,43,47,49)(H,50,51,52)(H,53,54,55). The Kier molecular flexibility index (Phi) is 11.1. The zero-order valence-corrected chi connectivity index (χ0v) is 34.5. The van der Waals surface area contributed by atoms with Crippen molar-refractivity contribution in [3.63, 3.8) is 0 Å². The first kappa shape index (κ1) is 41.4. The second kappa shape index (κ2) is 15.6. The van der Waals surface area contributed by atoms with Gasteiger partial charge in [-0.3, -0.25) is 9.11 Å². The molecule has 0 radical (unpaired) electrons. The molecule has 4 aromatic rings. The molecule has 15 nitrogen and oxygen atoms in total. The fraction of sp³-hybridized carbons (Fsp3) is 0.195. The minimum atomic E-state index is -4.76. The SMILES string of the molecule is CNC(=O)Nc1c(C)cc(C)c(Nc2ccc3c(-c4ccccc4S(=O)(=O)O)c4ccc(=Nc5c(C)c(NC(=O)NC)c(C)c(S(=O)(=O)O)c5C)cc-4oc3c2)c1C. The van der Waals surface area contributed by atoms with Crippen LogP contribution in [0.1, 0.15) is 33.4 Å². The van der Waals surface area contributed by atoms with E-state index in [4.69, 9.17) is 9.41 Å². The maximum atomic E-state index is 12.7. The number of fused-ring (bicyclic) bond motifs is 2. The van der Waals surface area contributed by atoms with Crippen molar-refractivity contribution in [1.29, 1.82) is 0 Å². The van der Waals surface area contributed by atoms with Gasteiger partial charge in [0.15, 0.2) is 0 Å². The predicted octanol–water partition coefficient (Wildman–Crippen LogP) is 8.03. The normalized spacial score (nSPS) is 12.1. The van der Waals surface area contributed by atoms with Crippen molar-refractivity contribution < 1.29 is 39.9 Å². The summed E-state index contributed by atoms with van der Waals surface area (Å²) in [5, 5.41) is 14.8. The van der Waals surface area contributed by atoms with E-state index in [0.29, 0.717) is 44.4 Å². The second-order valence-electron chi connectivity index (χ2n) is 13.8. The van der Waals surface area contributed by atoms with Crippen molar-refractivity contribution in [3.05, 3.63) is 105 Å². The Bertz CT molecular complexity index is 2960. The monoisotopic (exact) mass is 826 g/mol. The Morgan fingerprint density at radius 3 is 1.93 bits per heavy atom. The molecule has 7 N–H and O–H groups in total. The van der Waals surface area contributed by atoms with E-state index in [2.05, 4.69) is 26.6 Å². The van der Waals surface area contributed by atoms with Crippen LogP contribution in [-0.2, 0) is 20.2 Å². The average molecular weight is 827 g/mol. The number of aryl methyl sites for hydroxylation is 2. The summed E-state index contributed by atoms with van der Waals surface area (Å²) < 4.78 is 77.7. The first-order valence-corrected chi connectivity index (χ1v) is 20.7. The van der Waals surface area contributed by atoms with Crippen LogP contribution in [0.4, 0.5) is 38.0 Å². The zero-order valence-electron chi connectivity index (χ0n) is 32.9. The molecule has 0 saturated carbocycles. The predicted molar refractivity (Wildman–Crippen MR) is 224 cm³/mol. The van der Waals surface area contributed by atoms with Crippen LogP contribution in [0, 0.1) is 41.5 Å². The number of anilines is 4. The lowest BCUT2D eigenvalue weighted by Gasteiger charge is -2.20. The summed E-state index contributed by atoms with van der Waals surface area (Å²) in [4.78, 5) is 28.7. The third-order valence-electron chi connectivity index (χ3n) is 9.95. The summed E-state index contributed by atoms with van der Waals surface area (Å²) in [5.74, 6) is 0.256. The third-order valence-corrected chi connectivity index (χ3v) is 12.0. The fourth-order valence-corrected chi connectivity index (χ4v) is 9.01. The minimum absolute atomic E-state index is 0.126. The van der Waals surface area contributed by atoms with Crippen LogP contribution in [-0.4, -0.2) is 52.1 Å². The van der Waals surface area contributed by atoms with Crippen molar-refractivity contribution in [2.45, 2.75) is 51.3 Å². The van der Waals surface area contributed by atoms with E-state index in [1.54, 1.807) is 55.5 Å². The van der Waals surface area contributed by atoms with Crippen LogP contribution in [0.2, 0.25) is 0 Å².